The van der Waals surface area contributed by atoms with Gasteiger partial charge in [0.15, 0.2) is 0 Å². The van der Waals surface area contributed by atoms with Crippen LogP contribution in [0, 0.1) is 6.92 Å². The topological polar surface area (TPSA) is 121 Å². The molecule has 5 rings (SSSR count). The molecule has 0 aromatic carbocycles. The van der Waals surface area contributed by atoms with Crippen molar-refractivity contribution in [3.63, 3.8) is 0 Å². The molecule has 0 radical (unpaired) electrons. The maximum absolute atomic E-state index is 12.2. The molecule has 0 aliphatic carbocycles. The summed E-state index contributed by atoms with van der Waals surface area (Å²) in [4.78, 5) is 31.6. The first-order valence-electron chi connectivity index (χ1n) is 13.4. The fourth-order valence-electron chi connectivity index (χ4n) is 5.47. The largest absolute Gasteiger partial charge is 2.00 e. The summed E-state index contributed by atoms with van der Waals surface area (Å²) in [5.41, 5.74) is 11.0. The molecule has 4 aliphatic heterocycles. The van der Waals surface area contributed by atoms with E-state index >= 15 is 0 Å². The first-order valence-corrected chi connectivity index (χ1v) is 13.4. The Hall–Kier alpha value is -3.68. The van der Waals surface area contributed by atoms with Crippen LogP contribution in [-0.2, 0) is 35.6 Å². The third-order valence-corrected chi connectivity index (χ3v) is 8.00. The molecule has 0 amide bonds. The van der Waals surface area contributed by atoms with Crippen LogP contribution in [0.15, 0.2) is 83.9 Å². The van der Waals surface area contributed by atoms with Crippen LogP contribution in [0.5, 0.6) is 0 Å². The third kappa shape index (κ3) is 5.36. The maximum atomic E-state index is 12.2. The number of rotatable bonds is 5. The average molecular weight is 602 g/mol. The second-order valence-electron chi connectivity index (χ2n) is 10.2. The number of esters is 1. The molecule has 9 heteroatoms. The van der Waals surface area contributed by atoms with Gasteiger partial charge in [-0.25, -0.2) is 15.0 Å². The molecule has 0 spiro atoms. The fourth-order valence-corrected chi connectivity index (χ4v) is 5.47. The summed E-state index contributed by atoms with van der Waals surface area (Å²) in [5, 5.41) is 23.8. The summed E-state index contributed by atoms with van der Waals surface area (Å²) < 4.78 is 4.88. The van der Waals surface area contributed by atoms with E-state index in [1.165, 1.54) is 7.11 Å². The monoisotopic (exact) mass is 600 g/mol. The van der Waals surface area contributed by atoms with Crippen molar-refractivity contribution in [2.75, 3.05) is 7.11 Å². The van der Waals surface area contributed by atoms with E-state index < -0.39 is 0 Å². The number of allylic oxidation sites excluding steroid dienone is 8. The van der Waals surface area contributed by atoms with Gasteiger partial charge in [-0.05, 0) is 91.7 Å². The number of nitrogens with zero attached hydrogens (tertiary/aromatic N) is 4. The number of hydrogen-bond acceptors (Lipinski definition) is 7. The molecule has 1 aromatic rings. The summed E-state index contributed by atoms with van der Waals surface area (Å²) in [7, 11) is 1.37. The van der Waals surface area contributed by atoms with Crippen LogP contribution in [-0.4, -0.2) is 35.3 Å². The van der Waals surface area contributed by atoms with Crippen LogP contribution in [0.25, 0.3) is 12.2 Å². The van der Waals surface area contributed by atoms with Gasteiger partial charge in [0.2, 0.25) is 0 Å². The van der Waals surface area contributed by atoms with Crippen LogP contribution >= 0.6 is 0 Å². The molecule has 5 heterocycles. The van der Waals surface area contributed by atoms with Crippen LogP contribution in [0.2, 0.25) is 0 Å². The van der Waals surface area contributed by atoms with Crippen LogP contribution in [0.3, 0.4) is 0 Å². The number of hydrogen-bond donors (Lipinski definition) is 1. The van der Waals surface area contributed by atoms with Gasteiger partial charge in [0, 0.05) is 6.42 Å². The third-order valence-electron chi connectivity index (χ3n) is 8.00. The molecule has 0 saturated carbocycles. The van der Waals surface area contributed by atoms with E-state index in [1.807, 2.05) is 52.0 Å². The van der Waals surface area contributed by atoms with Gasteiger partial charge in [-0.2, -0.15) is 0 Å². The van der Waals surface area contributed by atoms with Gasteiger partial charge in [-0.15, -0.1) is 17.0 Å². The van der Waals surface area contributed by atoms with Crippen molar-refractivity contribution in [2.45, 2.75) is 60.5 Å². The molecule has 41 heavy (non-hydrogen) atoms. The summed E-state index contributed by atoms with van der Waals surface area (Å²) in [6.45, 7) is 9.73. The molecule has 4 aliphatic rings. The van der Waals surface area contributed by atoms with Crippen molar-refractivity contribution >= 4 is 35.3 Å². The van der Waals surface area contributed by atoms with Crippen molar-refractivity contribution in [1.29, 1.82) is 0 Å². The SMILES string of the molecule is CCC1=C(C)C2=CC3=NC(=C(C)/C3=C\[O-])C=C3N=C(C=c4[n-]c(c(C)c4CO)=CC1=N2)C(CCC(=O)OC)=C3C.[Zn+2]. The van der Waals surface area contributed by atoms with Crippen LogP contribution in [0.4, 0.5) is 0 Å². The van der Waals surface area contributed by atoms with Gasteiger partial charge < -0.3 is 19.9 Å². The molecular weight excluding hydrogens is 570 g/mol. The fraction of sp³-hybridized carbons (Fsp3) is 0.312. The zero-order valence-corrected chi connectivity index (χ0v) is 27.4. The van der Waals surface area contributed by atoms with E-state index in [0.29, 0.717) is 40.2 Å². The molecule has 0 saturated heterocycles. The minimum absolute atomic E-state index is 0. The van der Waals surface area contributed by atoms with Gasteiger partial charge in [-0.3, -0.25) is 4.79 Å². The smallest absolute Gasteiger partial charge is 0.877 e. The second kappa shape index (κ2) is 12.1. The summed E-state index contributed by atoms with van der Waals surface area (Å²) in [6, 6.07) is 0. The zero-order valence-electron chi connectivity index (χ0n) is 24.4. The summed E-state index contributed by atoms with van der Waals surface area (Å²) >= 11 is 0. The predicted octanol–water partition coefficient (Wildman–Crippen LogP) is 2.66. The van der Waals surface area contributed by atoms with Crippen LogP contribution < -0.4 is 20.8 Å². The van der Waals surface area contributed by atoms with Crippen molar-refractivity contribution < 1.29 is 39.2 Å². The Morgan fingerprint density at radius 2 is 1.56 bits per heavy atom. The maximum Gasteiger partial charge on any atom is 2.00 e. The number of carbonyl (C=O) groups is 1. The Bertz CT molecular complexity index is 1750. The Balaban J connectivity index is 0.00000387. The number of methoxy groups -OCH3 is 1. The number of aromatic nitrogens is 1. The number of aliphatic hydroxyl groups excluding tert-OH is 1. The van der Waals surface area contributed by atoms with E-state index in [9.17, 15) is 15.0 Å². The quantitative estimate of drug-likeness (QED) is 0.316. The summed E-state index contributed by atoms with van der Waals surface area (Å²) in [6.07, 6.45) is 9.83. The number of fused-ring (bicyclic) bond motifs is 5. The second-order valence-corrected chi connectivity index (χ2v) is 10.2. The van der Waals surface area contributed by atoms with E-state index in [0.717, 1.165) is 68.4 Å². The van der Waals surface area contributed by atoms with Crippen LogP contribution in [0.1, 0.15) is 58.1 Å². The van der Waals surface area contributed by atoms with Gasteiger partial charge in [0.05, 0.1) is 47.9 Å². The number of aliphatic imine (C=N–C) groups is 3. The standard InChI is InChI=1S/C32H33N4O4.Zn/c1-7-20-16(2)26-12-30-22(14-37)18(4)25(35-30)10-24-17(3)21(8-9-32(39)40-6)29(34-24)13-31-23(15-38)19(5)27(36-31)11-28(20)33-26;/h10-14,38H,7-9,15H2,1-6H3,(H-,33,34,35,36,37);/q-1;+2/p-1. The van der Waals surface area contributed by atoms with Gasteiger partial charge in [0.1, 0.15) is 0 Å². The first-order chi connectivity index (χ1) is 19.2. The molecular formula is C32H32N4O4Zn. The number of carbonyl (C=O) groups excluding carboxylic acids is 1. The molecule has 206 valence electrons. The molecule has 1 aromatic heterocycles. The zero-order chi connectivity index (χ0) is 28.7. The Morgan fingerprint density at radius 3 is 2.20 bits per heavy atom. The minimum atomic E-state index is -0.307. The first kappa shape index (κ1) is 30.3. The van der Waals surface area contributed by atoms with E-state index in [2.05, 4.69) is 6.92 Å². The Kier molecular flexibility index (Phi) is 8.90. The Labute approximate surface area is 252 Å². The summed E-state index contributed by atoms with van der Waals surface area (Å²) in [5.74, 6) is -0.307. The minimum Gasteiger partial charge on any atom is -0.877 e. The van der Waals surface area contributed by atoms with E-state index in [1.54, 1.807) is 0 Å². The van der Waals surface area contributed by atoms with E-state index in [-0.39, 0.29) is 38.5 Å². The van der Waals surface area contributed by atoms with Gasteiger partial charge >= 0.3 is 25.4 Å². The number of aliphatic hydroxyl groups is 1. The normalized spacial score (nSPS) is 18.9. The molecule has 0 fully saturated rings. The van der Waals surface area contributed by atoms with E-state index in [4.69, 9.17) is 24.7 Å². The van der Waals surface area contributed by atoms with Gasteiger partial charge in [0.25, 0.3) is 0 Å². The molecule has 8 bridgehead atoms. The Morgan fingerprint density at radius 1 is 0.927 bits per heavy atom. The molecule has 0 unspecified atom stereocenters. The average Bonchev–Trinajstić information content (AvgIpc) is 3.60. The number of ether oxygens (including phenoxy) is 1. The van der Waals surface area contributed by atoms with Gasteiger partial charge in [-0.1, -0.05) is 24.6 Å². The predicted molar refractivity (Wildman–Crippen MR) is 155 cm³/mol. The molecule has 1 N–H and O–H groups in total. The molecule has 8 nitrogen and oxygen atoms in total. The van der Waals surface area contributed by atoms with Crippen molar-refractivity contribution in [2.24, 2.45) is 15.0 Å². The van der Waals surface area contributed by atoms with Crippen molar-refractivity contribution in [1.82, 2.24) is 4.98 Å². The molecule has 0 atom stereocenters. The van der Waals surface area contributed by atoms with Crippen molar-refractivity contribution in [3.05, 3.63) is 90.8 Å². The van der Waals surface area contributed by atoms with Crippen molar-refractivity contribution in [3.8, 4) is 0 Å².